The van der Waals surface area contributed by atoms with Gasteiger partial charge in [-0.3, -0.25) is 9.59 Å². The molecule has 2 heterocycles. The van der Waals surface area contributed by atoms with Crippen LogP contribution < -0.4 is 5.32 Å². The fourth-order valence-electron chi connectivity index (χ4n) is 1.83. The van der Waals surface area contributed by atoms with Crippen molar-refractivity contribution in [2.45, 2.75) is 20.4 Å². The molecule has 21 heavy (non-hydrogen) atoms. The van der Waals surface area contributed by atoms with Gasteiger partial charge in [0.25, 0.3) is 5.91 Å². The lowest BCUT2D eigenvalue weighted by atomic mass is 10.2. The molecular weight excluding hydrogens is 276 g/mol. The molecule has 1 amide bonds. The minimum absolute atomic E-state index is 0.0569. The van der Waals surface area contributed by atoms with E-state index in [0.717, 1.165) is 0 Å². The van der Waals surface area contributed by atoms with Gasteiger partial charge in [0.15, 0.2) is 5.78 Å². The minimum Gasteiger partial charge on any atom is -0.478 e. The highest BCUT2D eigenvalue weighted by Crippen LogP contribution is 2.14. The highest BCUT2D eigenvalue weighted by Gasteiger charge is 2.15. The summed E-state index contributed by atoms with van der Waals surface area (Å²) >= 11 is 0. The Labute approximate surface area is 120 Å². The molecule has 2 rings (SSSR count). The summed E-state index contributed by atoms with van der Waals surface area (Å²) in [7, 11) is 0. The van der Waals surface area contributed by atoms with Gasteiger partial charge in [-0.25, -0.2) is 4.79 Å². The van der Waals surface area contributed by atoms with E-state index >= 15 is 0 Å². The number of carbonyl (C=O) groups excluding carboxylic acids is 2. The van der Waals surface area contributed by atoms with E-state index in [9.17, 15) is 14.4 Å². The van der Waals surface area contributed by atoms with E-state index in [0.29, 0.717) is 11.3 Å². The van der Waals surface area contributed by atoms with Gasteiger partial charge in [-0.15, -0.1) is 0 Å². The van der Waals surface area contributed by atoms with Crippen LogP contribution in [-0.2, 0) is 6.54 Å². The van der Waals surface area contributed by atoms with Crippen LogP contribution in [0.2, 0.25) is 0 Å². The summed E-state index contributed by atoms with van der Waals surface area (Å²) in [6.07, 6.45) is 1.46. The molecule has 0 spiro atoms. The van der Waals surface area contributed by atoms with Crippen LogP contribution in [0.25, 0.3) is 0 Å². The number of Topliss-reactive ketones (excluding diaryl/α,β-unsaturated/α-hetero) is 1. The van der Waals surface area contributed by atoms with Crippen LogP contribution in [0.4, 0.5) is 0 Å². The predicted octanol–water partition coefficient (Wildman–Crippen LogP) is 1.75. The Morgan fingerprint density at radius 3 is 2.57 bits per heavy atom. The normalized spacial score (nSPS) is 10.4. The standard InChI is InChI=1S/C14H14N2O5/c1-7(17)9-3-12(15-5-9)13(18)16-6-10-4-11(14(19)20)8(2)21-10/h3-5,15H,6H2,1-2H3,(H,16,18)(H,19,20). The molecule has 0 radical (unpaired) electrons. The van der Waals surface area contributed by atoms with Crippen molar-refractivity contribution < 1.29 is 23.9 Å². The summed E-state index contributed by atoms with van der Waals surface area (Å²) in [4.78, 5) is 36.6. The molecule has 0 aliphatic heterocycles. The van der Waals surface area contributed by atoms with Gasteiger partial charge >= 0.3 is 5.97 Å². The maximum absolute atomic E-state index is 11.9. The zero-order chi connectivity index (χ0) is 15.6. The number of nitrogens with one attached hydrogen (secondary N) is 2. The van der Waals surface area contributed by atoms with Gasteiger partial charge in [-0.1, -0.05) is 0 Å². The van der Waals surface area contributed by atoms with Crippen molar-refractivity contribution >= 4 is 17.7 Å². The van der Waals surface area contributed by atoms with Crippen molar-refractivity contribution in [2.24, 2.45) is 0 Å². The van der Waals surface area contributed by atoms with E-state index in [-0.39, 0.29) is 29.3 Å². The first kappa shape index (κ1) is 14.6. The van der Waals surface area contributed by atoms with Gasteiger partial charge in [0.05, 0.1) is 6.54 Å². The van der Waals surface area contributed by atoms with Crippen LogP contribution in [0.5, 0.6) is 0 Å². The number of hydrogen-bond acceptors (Lipinski definition) is 4. The molecule has 7 heteroatoms. The number of aryl methyl sites for hydroxylation is 1. The van der Waals surface area contributed by atoms with Crippen LogP contribution in [0.1, 0.15) is 49.6 Å². The topological polar surface area (TPSA) is 112 Å². The van der Waals surface area contributed by atoms with Crippen LogP contribution in [-0.4, -0.2) is 27.8 Å². The fourth-order valence-corrected chi connectivity index (χ4v) is 1.83. The summed E-state index contributed by atoms with van der Waals surface area (Å²) in [6.45, 7) is 3.00. The Hall–Kier alpha value is -2.83. The Bertz CT molecular complexity index is 711. The maximum atomic E-state index is 11.9. The molecule has 0 saturated carbocycles. The summed E-state index contributed by atoms with van der Waals surface area (Å²) in [5.74, 6) is -1.00. The second-order valence-electron chi connectivity index (χ2n) is 4.53. The summed E-state index contributed by atoms with van der Waals surface area (Å²) in [5.41, 5.74) is 0.738. The molecule has 110 valence electrons. The maximum Gasteiger partial charge on any atom is 0.339 e. The monoisotopic (exact) mass is 290 g/mol. The number of hydrogen-bond donors (Lipinski definition) is 3. The van der Waals surface area contributed by atoms with E-state index in [4.69, 9.17) is 9.52 Å². The third kappa shape index (κ3) is 3.19. The quantitative estimate of drug-likeness (QED) is 0.726. The lowest BCUT2D eigenvalue weighted by molar-refractivity contribution is 0.0694. The average molecular weight is 290 g/mol. The SMILES string of the molecule is CC(=O)c1c[nH]c(C(=O)NCc2cc(C(=O)O)c(C)o2)c1. The number of aromatic amines is 1. The molecule has 0 aromatic carbocycles. The van der Waals surface area contributed by atoms with Crippen molar-refractivity contribution in [3.8, 4) is 0 Å². The number of H-pyrrole nitrogens is 1. The van der Waals surface area contributed by atoms with Crippen LogP contribution in [0, 0.1) is 6.92 Å². The Kier molecular flexibility index (Phi) is 3.93. The van der Waals surface area contributed by atoms with E-state index in [1.54, 1.807) is 6.92 Å². The molecule has 2 aromatic rings. The number of amides is 1. The molecule has 0 fully saturated rings. The number of furan rings is 1. The van der Waals surface area contributed by atoms with E-state index in [1.165, 1.54) is 25.3 Å². The Morgan fingerprint density at radius 1 is 1.33 bits per heavy atom. The van der Waals surface area contributed by atoms with E-state index in [1.807, 2.05) is 0 Å². The van der Waals surface area contributed by atoms with Crippen LogP contribution in [0.3, 0.4) is 0 Å². The first-order valence-electron chi connectivity index (χ1n) is 6.18. The zero-order valence-electron chi connectivity index (χ0n) is 11.5. The van der Waals surface area contributed by atoms with Crippen molar-refractivity contribution in [2.75, 3.05) is 0 Å². The van der Waals surface area contributed by atoms with Crippen molar-refractivity contribution in [1.82, 2.24) is 10.3 Å². The van der Waals surface area contributed by atoms with Gasteiger partial charge in [-0.2, -0.15) is 0 Å². The third-order valence-corrected chi connectivity index (χ3v) is 2.96. The zero-order valence-corrected chi connectivity index (χ0v) is 11.5. The van der Waals surface area contributed by atoms with Crippen LogP contribution in [0.15, 0.2) is 22.7 Å². The van der Waals surface area contributed by atoms with E-state index in [2.05, 4.69) is 10.3 Å². The first-order valence-corrected chi connectivity index (χ1v) is 6.18. The van der Waals surface area contributed by atoms with Gasteiger partial charge in [-0.05, 0) is 26.0 Å². The predicted molar refractivity (Wildman–Crippen MR) is 72.4 cm³/mol. The van der Waals surface area contributed by atoms with Crippen LogP contribution >= 0.6 is 0 Å². The Balaban J connectivity index is 2.02. The number of aromatic nitrogens is 1. The van der Waals surface area contributed by atoms with Gasteiger partial charge < -0.3 is 19.8 Å². The smallest absolute Gasteiger partial charge is 0.339 e. The first-order chi connectivity index (χ1) is 9.88. The molecule has 0 aliphatic carbocycles. The van der Waals surface area contributed by atoms with Crippen molar-refractivity contribution in [1.29, 1.82) is 0 Å². The van der Waals surface area contributed by atoms with Gasteiger partial charge in [0.2, 0.25) is 0 Å². The summed E-state index contributed by atoms with van der Waals surface area (Å²) < 4.78 is 5.25. The molecule has 0 aliphatic rings. The lowest BCUT2D eigenvalue weighted by Gasteiger charge is -2.00. The number of carboxylic acid groups (broad SMARTS) is 1. The Morgan fingerprint density at radius 2 is 2.05 bits per heavy atom. The fraction of sp³-hybridized carbons (Fsp3) is 0.214. The van der Waals surface area contributed by atoms with Crippen molar-refractivity contribution in [3.05, 3.63) is 46.7 Å². The molecule has 3 N–H and O–H groups in total. The van der Waals surface area contributed by atoms with E-state index < -0.39 is 11.9 Å². The molecule has 0 saturated heterocycles. The van der Waals surface area contributed by atoms with Gasteiger partial charge in [0.1, 0.15) is 22.8 Å². The van der Waals surface area contributed by atoms with Gasteiger partial charge in [0, 0.05) is 11.8 Å². The second-order valence-corrected chi connectivity index (χ2v) is 4.53. The number of aromatic carboxylic acids is 1. The third-order valence-electron chi connectivity index (χ3n) is 2.96. The lowest BCUT2D eigenvalue weighted by Crippen LogP contribution is -2.22. The molecule has 0 atom stereocenters. The van der Waals surface area contributed by atoms with Crippen molar-refractivity contribution in [3.63, 3.8) is 0 Å². The summed E-state index contributed by atoms with van der Waals surface area (Å²) in [5, 5.41) is 11.5. The highest BCUT2D eigenvalue weighted by atomic mass is 16.4. The molecule has 2 aromatic heterocycles. The molecule has 0 unspecified atom stereocenters. The second kappa shape index (κ2) is 5.66. The molecular formula is C14H14N2O5. The summed E-state index contributed by atoms with van der Waals surface area (Å²) in [6, 6.07) is 2.82. The number of carbonyl (C=O) groups is 3. The number of rotatable bonds is 5. The largest absolute Gasteiger partial charge is 0.478 e. The molecule has 0 bridgehead atoms. The minimum atomic E-state index is -1.08. The molecule has 7 nitrogen and oxygen atoms in total. The number of ketones is 1. The highest BCUT2D eigenvalue weighted by molar-refractivity contribution is 5.99. The average Bonchev–Trinajstić information content (AvgIpc) is 3.02. The number of carboxylic acids is 1.